The van der Waals surface area contributed by atoms with Crippen LogP contribution in [-0.2, 0) is 0 Å². The van der Waals surface area contributed by atoms with Gasteiger partial charge in [-0.3, -0.25) is 4.90 Å². The van der Waals surface area contributed by atoms with Crippen LogP contribution in [0, 0.1) is 0 Å². The van der Waals surface area contributed by atoms with E-state index in [-0.39, 0.29) is 13.1 Å². The van der Waals surface area contributed by atoms with Gasteiger partial charge in [-0.2, -0.15) is 13.2 Å². The Morgan fingerprint density at radius 3 is 2.08 bits per heavy atom. The van der Waals surface area contributed by atoms with Crippen LogP contribution >= 0.6 is 0 Å². The SMILES string of the molecule is CN(CC(F)(F)F)CC(C)(O)CN. The molecule has 0 radical (unpaired) electrons. The van der Waals surface area contributed by atoms with E-state index in [2.05, 4.69) is 0 Å². The number of hydrogen-bond donors (Lipinski definition) is 2. The minimum Gasteiger partial charge on any atom is -0.388 e. The lowest BCUT2D eigenvalue weighted by Crippen LogP contribution is -2.47. The van der Waals surface area contributed by atoms with Gasteiger partial charge >= 0.3 is 6.18 Å². The number of hydrogen-bond acceptors (Lipinski definition) is 3. The van der Waals surface area contributed by atoms with E-state index in [9.17, 15) is 18.3 Å². The van der Waals surface area contributed by atoms with Crippen LogP contribution in [-0.4, -0.2) is 48.5 Å². The topological polar surface area (TPSA) is 49.5 Å². The number of nitrogens with zero attached hydrogens (tertiary/aromatic N) is 1. The fraction of sp³-hybridized carbons (Fsp3) is 1.00. The summed E-state index contributed by atoms with van der Waals surface area (Å²) in [6, 6.07) is 0. The Labute approximate surface area is 75.3 Å². The zero-order valence-electron chi connectivity index (χ0n) is 7.73. The van der Waals surface area contributed by atoms with E-state index in [1.807, 2.05) is 0 Å². The Balaban J connectivity index is 3.94. The molecule has 0 aromatic heterocycles. The molecule has 13 heavy (non-hydrogen) atoms. The van der Waals surface area contributed by atoms with E-state index in [1.165, 1.54) is 14.0 Å². The fourth-order valence-electron chi connectivity index (χ4n) is 1.01. The molecule has 0 spiro atoms. The number of halogens is 3. The minimum absolute atomic E-state index is 0.0603. The summed E-state index contributed by atoms with van der Waals surface area (Å²) in [7, 11) is 1.29. The molecular weight excluding hydrogens is 185 g/mol. The van der Waals surface area contributed by atoms with Crippen LogP contribution in [0.15, 0.2) is 0 Å². The lowest BCUT2D eigenvalue weighted by Gasteiger charge is -2.28. The summed E-state index contributed by atoms with van der Waals surface area (Å²) in [5.74, 6) is 0. The van der Waals surface area contributed by atoms with Crippen LogP contribution in [0.1, 0.15) is 6.92 Å². The van der Waals surface area contributed by atoms with E-state index in [1.54, 1.807) is 0 Å². The maximum absolute atomic E-state index is 11.8. The summed E-state index contributed by atoms with van der Waals surface area (Å²) in [5.41, 5.74) is 3.90. The van der Waals surface area contributed by atoms with Gasteiger partial charge < -0.3 is 10.8 Å². The van der Waals surface area contributed by atoms with E-state index >= 15 is 0 Å². The number of likely N-dealkylation sites (N-methyl/N-ethyl adjacent to an activating group) is 1. The first kappa shape index (κ1) is 12.7. The summed E-state index contributed by atoms with van der Waals surface area (Å²) < 4.78 is 35.5. The molecular formula is C7H15F3N2O. The van der Waals surface area contributed by atoms with Crippen molar-refractivity contribution >= 4 is 0 Å². The number of aliphatic hydroxyl groups is 1. The van der Waals surface area contributed by atoms with Crippen molar-refractivity contribution < 1.29 is 18.3 Å². The molecule has 0 aliphatic carbocycles. The molecule has 0 heterocycles. The molecule has 6 heteroatoms. The second kappa shape index (κ2) is 4.26. The standard InChI is InChI=1S/C7H15F3N2O/c1-6(13,3-11)4-12(2)5-7(8,9)10/h13H,3-5,11H2,1-2H3. The van der Waals surface area contributed by atoms with E-state index < -0.39 is 18.3 Å². The highest BCUT2D eigenvalue weighted by atomic mass is 19.4. The molecule has 0 saturated carbocycles. The molecule has 0 aliphatic rings. The summed E-state index contributed by atoms with van der Waals surface area (Å²) in [6.07, 6.45) is -4.24. The first-order chi connectivity index (χ1) is 5.66. The Hall–Kier alpha value is -0.330. The van der Waals surface area contributed by atoms with E-state index in [0.717, 1.165) is 4.90 Å². The Kier molecular flexibility index (Phi) is 4.15. The van der Waals surface area contributed by atoms with Crippen LogP contribution in [0.4, 0.5) is 13.2 Å². The van der Waals surface area contributed by atoms with E-state index in [4.69, 9.17) is 5.73 Å². The van der Waals surface area contributed by atoms with Gasteiger partial charge in [-0.15, -0.1) is 0 Å². The zero-order valence-corrected chi connectivity index (χ0v) is 7.73. The van der Waals surface area contributed by atoms with Gasteiger partial charge in [-0.1, -0.05) is 0 Å². The zero-order chi connectivity index (χ0) is 10.7. The summed E-state index contributed by atoms with van der Waals surface area (Å²) in [5, 5.41) is 9.36. The van der Waals surface area contributed by atoms with Gasteiger partial charge in [0.25, 0.3) is 0 Å². The minimum atomic E-state index is -4.24. The van der Waals surface area contributed by atoms with Crippen molar-refractivity contribution in [1.82, 2.24) is 4.90 Å². The van der Waals surface area contributed by atoms with Crippen molar-refractivity contribution in [2.24, 2.45) is 5.73 Å². The van der Waals surface area contributed by atoms with Crippen molar-refractivity contribution in [1.29, 1.82) is 0 Å². The maximum atomic E-state index is 11.8. The summed E-state index contributed by atoms with van der Waals surface area (Å²) >= 11 is 0. The molecule has 0 rings (SSSR count). The van der Waals surface area contributed by atoms with Crippen molar-refractivity contribution in [2.75, 3.05) is 26.7 Å². The third-order valence-electron chi connectivity index (χ3n) is 1.50. The largest absolute Gasteiger partial charge is 0.401 e. The van der Waals surface area contributed by atoms with Gasteiger partial charge in [0.15, 0.2) is 0 Å². The second-order valence-corrected chi connectivity index (χ2v) is 3.49. The van der Waals surface area contributed by atoms with Crippen molar-refractivity contribution in [3.63, 3.8) is 0 Å². The number of rotatable bonds is 4. The van der Waals surface area contributed by atoms with Crippen molar-refractivity contribution in [2.45, 2.75) is 18.7 Å². The predicted molar refractivity (Wildman–Crippen MR) is 43.2 cm³/mol. The molecule has 1 unspecified atom stereocenters. The Morgan fingerprint density at radius 1 is 1.31 bits per heavy atom. The smallest absolute Gasteiger partial charge is 0.388 e. The average molecular weight is 200 g/mol. The van der Waals surface area contributed by atoms with Gasteiger partial charge in [-0.05, 0) is 14.0 Å². The molecule has 3 nitrogen and oxygen atoms in total. The highest BCUT2D eigenvalue weighted by molar-refractivity contribution is 4.77. The molecule has 1 atom stereocenters. The summed E-state index contributed by atoms with van der Waals surface area (Å²) in [6.45, 7) is 0.210. The quantitative estimate of drug-likeness (QED) is 0.681. The molecule has 0 aliphatic heterocycles. The second-order valence-electron chi connectivity index (χ2n) is 3.49. The highest BCUT2D eigenvalue weighted by Gasteiger charge is 2.31. The van der Waals surface area contributed by atoms with Crippen LogP contribution < -0.4 is 5.73 Å². The lowest BCUT2D eigenvalue weighted by atomic mass is 10.1. The third kappa shape index (κ3) is 6.80. The van der Waals surface area contributed by atoms with Crippen LogP contribution in [0.3, 0.4) is 0 Å². The molecule has 0 amide bonds. The fourth-order valence-corrected chi connectivity index (χ4v) is 1.01. The van der Waals surface area contributed by atoms with Crippen molar-refractivity contribution in [3.05, 3.63) is 0 Å². The van der Waals surface area contributed by atoms with Crippen LogP contribution in [0.5, 0.6) is 0 Å². The first-order valence-corrected chi connectivity index (χ1v) is 3.84. The molecule has 0 aromatic carbocycles. The van der Waals surface area contributed by atoms with Gasteiger partial charge in [0.1, 0.15) is 0 Å². The lowest BCUT2D eigenvalue weighted by molar-refractivity contribution is -0.147. The van der Waals surface area contributed by atoms with Gasteiger partial charge in [0.05, 0.1) is 12.1 Å². The molecule has 3 N–H and O–H groups in total. The highest BCUT2D eigenvalue weighted by Crippen LogP contribution is 2.16. The summed E-state index contributed by atoms with van der Waals surface area (Å²) in [4.78, 5) is 0.993. The van der Waals surface area contributed by atoms with Crippen molar-refractivity contribution in [3.8, 4) is 0 Å². The van der Waals surface area contributed by atoms with Gasteiger partial charge in [0.2, 0.25) is 0 Å². The third-order valence-corrected chi connectivity index (χ3v) is 1.50. The molecule has 0 fully saturated rings. The predicted octanol–water partition coefficient (Wildman–Crippen LogP) is 0.190. The van der Waals surface area contributed by atoms with Crippen LogP contribution in [0.2, 0.25) is 0 Å². The van der Waals surface area contributed by atoms with E-state index in [0.29, 0.717) is 0 Å². The normalized spacial score (nSPS) is 17.5. The maximum Gasteiger partial charge on any atom is 0.401 e. The number of alkyl halides is 3. The molecule has 0 bridgehead atoms. The first-order valence-electron chi connectivity index (χ1n) is 3.84. The molecule has 80 valence electrons. The molecule has 0 saturated heterocycles. The van der Waals surface area contributed by atoms with Gasteiger partial charge in [-0.25, -0.2) is 0 Å². The number of nitrogens with two attached hydrogens (primary N) is 1. The molecule has 0 aromatic rings. The Bertz CT molecular complexity index is 158. The average Bonchev–Trinajstić information content (AvgIpc) is 1.81. The Morgan fingerprint density at radius 2 is 1.77 bits per heavy atom. The van der Waals surface area contributed by atoms with Gasteiger partial charge in [0, 0.05) is 13.1 Å². The monoisotopic (exact) mass is 200 g/mol. The van der Waals surface area contributed by atoms with Crippen LogP contribution in [0.25, 0.3) is 0 Å².